The third-order valence-corrected chi connectivity index (χ3v) is 2.98. The number of carbonyl (C=O) groups is 1. The lowest BCUT2D eigenvalue weighted by atomic mass is 10.3. The fraction of sp³-hybridized carbons (Fsp3) is 0.133. The molecule has 0 aliphatic heterocycles. The molecule has 0 unspecified atom stereocenters. The van der Waals surface area contributed by atoms with Gasteiger partial charge in [-0.15, -0.1) is 0 Å². The average molecular weight is 335 g/mol. The lowest BCUT2D eigenvalue weighted by Gasteiger charge is -2.09. The molecule has 2 aromatic carbocycles. The lowest BCUT2D eigenvalue weighted by molar-refractivity contribution is 0.247. The molecule has 0 saturated carbocycles. The first-order valence-electron chi connectivity index (χ1n) is 6.22. The minimum atomic E-state index is -0.242. The largest absolute Gasteiger partial charge is 0.492 e. The third-order valence-electron chi connectivity index (χ3n) is 2.48. The molecule has 0 aliphatic rings. The number of urea groups is 1. The second-order valence-electron chi connectivity index (χ2n) is 4.05. The number of ether oxygens (including phenoxy) is 1. The first-order chi connectivity index (χ1) is 9.74. The van der Waals surface area contributed by atoms with Crippen molar-refractivity contribution in [1.29, 1.82) is 0 Å². The first-order valence-corrected chi connectivity index (χ1v) is 7.01. The van der Waals surface area contributed by atoms with Crippen LogP contribution in [-0.2, 0) is 0 Å². The summed E-state index contributed by atoms with van der Waals surface area (Å²) in [6.07, 6.45) is 0. The molecule has 104 valence electrons. The maximum atomic E-state index is 11.6. The molecule has 0 fully saturated rings. The minimum absolute atomic E-state index is 0.242. The number of hydrogen-bond acceptors (Lipinski definition) is 2. The summed E-state index contributed by atoms with van der Waals surface area (Å²) >= 11 is 3.37. The average Bonchev–Trinajstić information content (AvgIpc) is 2.45. The van der Waals surface area contributed by atoms with E-state index in [0.29, 0.717) is 13.2 Å². The first kappa shape index (κ1) is 14.4. The SMILES string of the molecule is O=C(NCCOc1cccc(Br)c1)Nc1ccccc1. The third kappa shape index (κ3) is 4.93. The van der Waals surface area contributed by atoms with Gasteiger partial charge in [0.1, 0.15) is 12.4 Å². The van der Waals surface area contributed by atoms with Crippen LogP contribution >= 0.6 is 15.9 Å². The molecule has 2 aromatic rings. The van der Waals surface area contributed by atoms with Gasteiger partial charge in [-0.2, -0.15) is 0 Å². The van der Waals surface area contributed by atoms with Crippen LogP contribution in [0, 0.1) is 0 Å². The van der Waals surface area contributed by atoms with E-state index in [2.05, 4.69) is 26.6 Å². The summed E-state index contributed by atoms with van der Waals surface area (Å²) in [5.74, 6) is 0.768. The number of carbonyl (C=O) groups excluding carboxylic acids is 1. The lowest BCUT2D eigenvalue weighted by Crippen LogP contribution is -2.32. The maximum absolute atomic E-state index is 11.6. The number of amides is 2. The van der Waals surface area contributed by atoms with E-state index in [9.17, 15) is 4.79 Å². The Morgan fingerprint density at radius 3 is 2.65 bits per heavy atom. The van der Waals surface area contributed by atoms with Gasteiger partial charge in [0, 0.05) is 10.2 Å². The molecule has 0 heterocycles. The summed E-state index contributed by atoms with van der Waals surface area (Å²) in [5.41, 5.74) is 0.762. The van der Waals surface area contributed by atoms with Gasteiger partial charge in [0.25, 0.3) is 0 Å². The van der Waals surface area contributed by atoms with Gasteiger partial charge in [0.15, 0.2) is 0 Å². The Labute approximate surface area is 126 Å². The molecule has 0 saturated heterocycles. The molecule has 0 spiro atoms. The summed E-state index contributed by atoms with van der Waals surface area (Å²) in [4.78, 5) is 11.6. The van der Waals surface area contributed by atoms with E-state index >= 15 is 0 Å². The smallest absolute Gasteiger partial charge is 0.319 e. The second kappa shape index (κ2) is 7.55. The van der Waals surface area contributed by atoms with Crippen molar-refractivity contribution in [2.75, 3.05) is 18.5 Å². The Balaban J connectivity index is 1.67. The quantitative estimate of drug-likeness (QED) is 0.820. The Morgan fingerprint density at radius 1 is 1.10 bits per heavy atom. The molecule has 2 amide bonds. The summed E-state index contributed by atoms with van der Waals surface area (Å²) in [5, 5.41) is 5.47. The molecule has 0 radical (unpaired) electrons. The Bertz CT molecular complexity index is 561. The summed E-state index contributed by atoms with van der Waals surface area (Å²) in [6.45, 7) is 0.851. The van der Waals surface area contributed by atoms with E-state index in [1.807, 2.05) is 54.6 Å². The molecular weight excluding hydrogens is 320 g/mol. The molecule has 5 heteroatoms. The predicted molar refractivity (Wildman–Crippen MR) is 83.1 cm³/mol. The van der Waals surface area contributed by atoms with Crippen LogP contribution in [0.25, 0.3) is 0 Å². The summed E-state index contributed by atoms with van der Waals surface area (Å²) in [7, 11) is 0. The van der Waals surface area contributed by atoms with Crippen molar-refractivity contribution >= 4 is 27.6 Å². The van der Waals surface area contributed by atoms with Gasteiger partial charge in [-0.25, -0.2) is 4.79 Å². The van der Waals surface area contributed by atoms with Crippen molar-refractivity contribution in [3.63, 3.8) is 0 Å². The number of para-hydroxylation sites is 1. The molecule has 0 aromatic heterocycles. The van der Waals surface area contributed by atoms with Crippen LogP contribution in [0.4, 0.5) is 10.5 Å². The van der Waals surface area contributed by atoms with Crippen LogP contribution in [-0.4, -0.2) is 19.2 Å². The Morgan fingerprint density at radius 2 is 1.90 bits per heavy atom. The summed E-state index contributed by atoms with van der Waals surface area (Å²) < 4.78 is 6.48. The van der Waals surface area contributed by atoms with Crippen molar-refractivity contribution in [2.24, 2.45) is 0 Å². The fourth-order valence-corrected chi connectivity index (χ4v) is 1.97. The normalized spacial score (nSPS) is 9.85. The van der Waals surface area contributed by atoms with Crippen molar-refractivity contribution in [3.05, 3.63) is 59.1 Å². The van der Waals surface area contributed by atoms with Gasteiger partial charge in [-0.3, -0.25) is 0 Å². The zero-order valence-electron chi connectivity index (χ0n) is 10.8. The van der Waals surface area contributed by atoms with Crippen LogP contribution in [0.2, 0.25) is 0 Å². The van der Waals surface area contributed by atoms with Gasteiger partial charge >= 0.3 is 6.03 Å². The number of benzene rings is 2. The second-order valence-corrected chi connectivity index (χ2v) is 4.97. The van der Waals surface area contributed by atoms with Crippen molar-refractivity contribution < 1.29 is 9.53 Å². The van der Waals surface area contributed by atoms with Gasteiger partial charge in [0.2, 0.25) is 0 Å². The topological polar surface area (TPSA) is 50.4 Å². The van der Waals surface area contributed by atoms with E-state index < -0.39 is 0 Å². The number of halogens is 1. The molecule has 0 bridgehead atoms. The number of rotatable bonds is 5. The van der Waals surface area contributed by atoms with Crippen LogP contribution in [0.5, 0.6) is 5.75 Å². The highest BCUT2D eigenvalue weighted by Gasteiger charge is 2.00. The number of hydrogen-bond donors (Lipinski definition) is 2. The van der Waals surface area contributed by atoms with Crippen molar-refractivity contribution in [1.82, 2.24) is 5.32 Å². The van der Waals surface area contributed by atoms with E-state index in [4.69, 9.17) is 4.74 Å². The molecule has 2 rings (SSSR count). The molecule has 0 aliphatic carbocycles. The molecule has 4 nitrogen and oxygen atoms in total. The molecular formula is C15H15BrN2O2. The minimum Gasteiger partial charge on any atom is -0.492 e. The van der Waals surface area contributed by atoms with E-state index in [1.54, 1.807) is 0 Å². The standard InChI is InChI=1S/C15H15BrN2O2/c16-12-5-4-8-14(11-12)20-10-9-17-15(19)18-13-6-2-1-3-7-13/h1-8,11H,9-10H2,(H2,17,18,19). The van der Waals surface area contributed by atoms with Crippen LogP contribution in [0.3, 0.4) is 0 Å². The van der Waals surface area contributed by atoms with Gasteiger partial charge in [0.05, 0.1) is 6.54 Å². The Hall–Kier alpha value is -2.01. The highest BCUT2D eigenvalue weighted by atomic mass is 79.9. The molecule has 20 heavy (non-hydrogen) atoms. The van der Waals surface area contributed by atoms with E-state index in [-0.39, 0.29) is 6.03 Å². The van der Waals surface area contributed by atoms with Gasteiger partial charge < -0.3 is 15.4 Å². The van der Waals surface area contributed by atoms with E-state index in [1.165, 1.54) is 0 Å². The van der Waals surface area contributed by atoms with Gasteiger partial charge in [-0.05, 0) is 30.3 Å². The Kier molecular flexibility index (Phi) is 5.43. The van der Waals surface area contributed by atoms with E-state index in [0.717, 1.165) is 15.9 Å². The number of anilines is 1. The predicted octanol–water partition coefficient (Wildman–Crippen LogP) is 3.65. The van der Waals surface area contributed by atoms with Gasteiger partial charge in [-0.1, -0.05) is 40.2 Å². The van der Waals surface area contributed by atoms with Crippen LogP contribution in [0.1, 0.15) is 0 Å². The molecule has 0 atom stereocenters. The highest BCUT2D eigenvalue weighted by molar-refractivity contribution is 9.10. The number of nitrogens with one attached hydrogen (secondary N) is 2. The fourth-order valence-electron chi connectivity index (χ4n) is 1.59. The highest BCUT2D eigenvalue weighted by Crippen LogP contribution is 2.17. The maximum Gasteiger partial charge on any atom is 0.319 e. The van der Waals surface area contributed by atoms with Crippen LogP contribution in [0.15, 0.2) is 59.1 Å². The summed E-state index contributed by atoms with van der Waals surface area (Å²) in [6, 6.07) is 16.6. The zero-order chi connectivity index (χ0) is 14.2. The van der Waals surface area contributed by atoms with Crippen molar-refractivity contribution in [2.45, 2.75) is 0 Å². The molecule has 2 N–H and O–H groups in total. The van der Waals surface area contributed by atoms with Crippen LogP contribution < -0.4 is 15.4 Å². The van der Waals surface area contributed by atoms with Crippen molar-refractivity contribution in [3.8, 4) is 5.75 Å². The monoisotopic (exact) mass is 334 g/mol. The zero-order valence-corrected chi connectivity index (χ0v) is 12.4.